The zero-order chi connectivity index (χ0) is 10.9. The van der Waals surface area contributed by atoms with E-state index in [1.54, 1.807) is 20.1 Å². The molecule has 0 aliphatic heterocycles. The van der Waals surface area contributed by atoms with E-state index in [4.69, 9.17) is 4.74 Å². The molecular weight excluding hydrogens is 191 g/mol. The summed E-state index contributed by atoms with van der Waals surface area (Å²) in [5.41, 5.74) is 1.46. The summed E-state index contributed by atoms with van der Waals surface area (Å²) in [6.45, 7) is 1.78. The Hall–Kier alpha value is -0.890. The topological polar surface area (TPSA) is 9.23 Å². The number of hydrogen-bond acceptors (Lipinski definition) is 1. The van der Waals surface area contributed by atoms with E-state index in [1.807, 2.05) is 12.1 Å². The van der Waals surface area contributed by atoms with Crippen LogP contribution in [-0.4, -0.2) is 7.11 Å². The third-order valence-electron chi connectivity index (χ3n) is 3.50. The van der Waals surface area contributed by atoms with Gasteiger partial charge in [-0.15, -0.1) is 0 Å². The van der Waals surface area contributed by atoms with Gasteiger partial charge in [-0.1, -0.05) is 25.0 Å². The summed E-state index contributed by atoms with van der Waals surface area (Å²) in [7, 11) is 1.73. The molecule has 1 saturated carbocycles. The van der Waals surface area contributed by atoms with Gasteiger partial charge in [0.05, 0.1) is 5.60 Å². The summed E-state index contributed by atoms with van der Waals surface area (Å²) in [6, 6.07) is 5.46. The second-order valence-electron chi connectivity index (χ2n) is 4.37. The van der Waals surface area contributed by atoms with Crippen molar-refractivity contribution < 1.29 is 9.13 Å². The molecule has 0 radical (unpaired) electrons. The van der Waals surface area contributed by atoms with Crippen LogP contribution < -0.4 is 0 Å². The Labute approximate surface area is 90.3 Å². The van der Waals surface area contributed by atoms with Gasteiger partial charge in [-0.05, 0) is 37.0 Å². The van der Waals surface area contributed by atoms with Gasteiger partial charge in [-0.3, -0.25) is 0 Å². The molecular formula is C13H17FO. The molecule has 1 nitrogen and oxygen atoms in total. The lowest BCUT2D eigenvalue weighted by Gasteiger charge is -2.28. The predicted molar refractivity (Wildman–Crippen MR) is 58.3 cm³/mol. The normalized spacial score (nSPS) is 19.4. The summed E-state index contributed by atoms with van der Waals surface area (Å²) < 4.78 is 19.1. The first-order chi connectivity index (χ1) is 7.18. The summed E-state index contributed by atoms with van der Waals surface area (Å²) in [5.74, 6) is -0.129. The number of hydrogen-bond donors (Lipinski definition) is 0. The molecule has 1 aromatic carbocycles. The van der Waals surface area contributed by atoms with Gasteiger partial charge in [-0.2, -0.15) is 0 Å². The first-order valence-corrected chi connectivity index (χ1v) is 5.50. The van der Waals surface area contributed by atoms with Gasteiger partial charge in [0.1, 0.15) is 5.82 Å². The molecule has 0 heterocycles. The van der Waals surface area contributed by atoms with Crippen LogP contribution >= 0.6 is 0 Å². The third kappa shape index (κ3) is 1.78. The van der Waals surface area contributed by atoms with Gasteiger partial charge in [0.25, 0.3) is 0 Å². The van der Waals surface area contributed by atoms with E-state index in [9.17, 15) is 4.39 Å². The Morgan fingerprint density at radius 1 is 1.27 bits per heavy atom. The molecule has 1 fully saturated rings. The highest BCUT2D eigenvalue weighted by molar-refractivity contribution is 5.29. The van der Waals surface area contributed by atoms with Crippen molar-refractivity contribution >= 4 is 0 Å². The molecule has 0 atom stereocenters. The number of methoxy groups -OCH3 is 1. The molecule has 0 N–H and O–H groups in total. The van der Waals surface area contributed by atoms with E-state index in [-0.39, 0.29) is 11.4 Å². The maximum Gasteiger partial charge on any atom is 0.126 e. The number of ether oxygens (including phenoxy) is 1. The fraction of sp³-hybridized carbons (Fsp3) is 0.538. The largest absolute Gasteiger partial charge is 0.374 e. The van der Waals surface area contributed by atoms with Crippen molar-refractivity contribution in [3.05, 3.63) is 35.1 Å². The Balaban J connectivity index is 2.38. The smallest absolute Gasteiger partial charge is 0.126 e. The second-order valence-corrected chi connectivity index (χ2v) is 4.37. The average Bonchev–Trinajstić information content (AvgIpc) is 2.72. The van der Waals surface area contributed by atoms with E-state index >= 15 is 0 Å². The van der Waals surface area contributed by atoms with Crippen molar-refractivity contribution in [2.24, 2.45) is 0 Å². The Morgan fingerprint density at radius 2 is 1.93 bits per heavy atom. The molecule has 1 aromatic rings. The highest BCUT2D eigenvalue weighted by Gasteiger charge is 2.35. The van der Waals surface area contributed by atoms with Crippen LogP contribution in [0.2, 0.25) is 0 Å². The fourth-order valence-corrected chi connectivity index (χ4v) is 2.43. The van der Waals surface area contributed by atoms with Crippen LogP contribution in [0.15, 0.2) is 18.2 Å². The van der Waals surface area contributed by atoms with Crippen molar-refractivity contribution in [3.8, 4) is 0 Å². The molecule has 0 unspecified atom stereocenters. The molecule has 2 heteroatoms. The van der Waals surface area contributed by atoms with Crippen LogP contribution in [0.3, 0.4) is 0 Å². The van der Waals surface area contributed by atoms with Gasteiger partial charge >= 0.3 is 0 Å². The van der Waals surface area contributed by atoms with E-state index in [1.165, 1.54) is 12.8 Å². The van der Waals surface area contributed by atoms with E-state index in [0.29, 0.717) is 5.56 Å². The van der Waals surface area contributed by atoms with Crippen LogP contribution in [0, 0.1) is 12.7 Å². The number of halogens is 1. The summed E-state index contributed by atoms with van der Waals surface area (Å²) in [5, 5.41) is 0. The molecule has 1 aliphatic carbocycles. The monoisotopic (exact) mass is 208 g/mol. The van der Waals surface area contributed by atoms with Crippen molar-refractivity contribution in [3.63, 3.8) is 0 Å². The first kappa shape index (κ1) is 10.6. The highest BCUT2D eigenvalue weighted by Crippen LogP contribution is 2.41. The van der Waals surface area contributed by atoms with Crippen molar-refractivity contribution in [1.82, 2.24) is 0 Å². The summed E-state index contributed by atoms with van der Waals surface area (Å²) in [4.78, 5) is 0. The van der Waals surface area contributed by atoms with Crippen LogP contribution in [0.4, 0.5) is 4.39 Å². The quantitative estimate of drug-likeness (QED) is 0.722. The van der Waals surface area contributed by atoms with Crippen molar-refractivity contribution in [2.45, 2.75) is 38.2 Å². The lowest BCUT2D eigenvalue weighted by atomic mass is 9.91. The van der Waals surface area contributed by atoms with Gasteiger partial charge in [0.15, 0.2) is 0 Å². The number of aryl methyl sites for hydroxylation is 1. The van der Waals surface area contributed by atoms with E-state index in [2.05, 4.69) is 0 Å². The lowest BCUT2D eigenvalue weighted by Crippen LogP contribution is -2.24. The molecule has 15 heavy (non-hydrogen) atoms. The number of benzene rings is 1. The Bertz CT molecular complexity index is 354. The maximum absolute atomic E-state index is 13.5. The molecule has 0 aromatic heterocycles. The van der Waals surface area contributed by atoms with E-state index in [0.717, 1.165) is 18.4 Å². The highest BCUT2D eigenvalue weighted by atomic mass is 19.1. The van der Waals surface area contributed by atoms with Gasteiger partial charge < -0.3 is 4.74 Å². The lowest BCUT2D eigenvalue weighted by molar-refractivity contribution is -0.00893. The molecule has 0 spiro atoms. The van der Waals surface area contributed by atoms with Gasteiger partial charge in [0.2, 0.25) is 0 Å². The van der Waals surface area contributed by atoms with Gasteiger partial charge in [-0.25, -0.2) is 4.39 Å². The number of rotatable bonds is 2. The molecule has 0 bridgehead atoms. The molecule has 2 rings (SSSR count). The third-order valence-corrected chi connectivity index (χ3v) is 3.50. The van der Waals surface area contributed by atoms with Crippen LogP contribution in [0.1, 0.15) is 36.8 Å². The Kier molecular flexibility index (Phi) is 2.79. The molecule has 82 valence electrons. The summed E-state index contributed by atoms with van der Waals surface area (Å²) in [6.07, 6.45) is 4.35. The van der Waals surface area contributed by atoms with E-state index < -0.39 is 0 Å². The Morgan fingerprint density at radius 3 is 2.47 bits per heavy atom. The van der Waals surface area contributed by atoms with Crippen molar-refractivity contribution in [2.75, 3.05) is 7.11 Å². The fourth-order valence-electron chi connectivity index (χ4n) is 2.43. The first-order valence-electron chi connectivity index (χ1n) is 5.50. The van der Waals surface area contributed by atoms with Crippen LogP contribution in [0.5, 0.6) is 0 Å². The molecule has 0 saturated heterocycles. The second kappa shape index (κ2) is 3.93. The summed E-state index contributed by atoms with van der Waals surface area (Å²) >= 11 is 0. The molecule has 0 amide bonds. The predicted octanol–water partition coefficient (Wildman–Crippen LogP) is 3.55. The molecule has 1 aliphatic rings. The SMILES string of the molecule is COC1(c2ccc(C)c(F)c2)CCCC1. The van der Waals surface area contributed by atoms with Gasteiger partial charge in [0, 0.05) is 7.11 Å². The minimum Gasteiger partial charge on any atom is -0.374 e. The average molecular weight is 208 g/mol. The van der Waals surface area contributed by atoms with Crippen LogP contribution in [0.25, 0.3) is 0 Å². The zero-order valence-corrected chi connectivity index (χ0v) is 9.35. The van der Waals surface area contributed by atoms with Crippen LogP contribution in [-0.2, 0) is 10.3 Å². The standard InChI is InChI=1S/C13H17FO/c1-10-5-6-11(9-12(10)14)13(15-2)7-3-4-8-13/h5-6,9H,3-4,7-8H2,1-2H3. The maximum atomic E-state index is 13.5. The van der Waals surface area contributed by atoms with Crippen molar-refractivity contribution in [1.29, 1.82) is 0 Å². The minimum atomic E-state index is -0.228. The zero-order valence-electron chi connectivity index (χ0n) is 9.35. The minimum absolute atomic E-state index is 0.129.